The first-order valence-corrected chi connectivity index (χ1v) is 4.99. The van der Waals surface area contributed by atoms with Crippen molar-refractivity contribution in [2.45, 2.75) is 12.8 Å². The third kappa shape index (κ3) is 6.93. The van der Waals surface area contributed by atoms with Gasteiger partial charge in [0.05, 0.1) is 0 Å². The van der Waals surface area contributed by atoms with Crippen molar-refractivity contribution in [2.75, 3.05) is 0 Å². The zero-order valence-corrected chi connectivity index (χ0v) is 11.4. The molecule has 1 aromatic rings. The molecule has 0 atom stereocenters. The van der Waals surface area contributed by atoms with Crippen LogP contribution < -0.4 is 11.5 Å². The number of carbonyl (C=O) groups is 1. The number of rotatable bonds is 5. The molecule has 1 aromatic carbocycles. The first-order chi connectivity index (χ1) is 7.59. The minimum atomic E-state index is -0.304. The number of allylic oxidation sites excluding steroid dienone is 1. The fourth-order valence-electron chi connectivity index (χ4n) is 1.25. The number of primary amides is 1. The van der Waals surface area contributed by atoms with Crippen molar-refractivity contribution in [3.8, 4) is 0 Å². The van der Waals surface area contributed by atoms with Crippen molar-refractivity contribution >= 4 is 42.6 Å². The van der Waals surface area contributed by atoms with E-state index in [9.17, 15) is 4.79 Å². The Labute approximate surface area is 119 Å². The second-order valence-electron chi connectivity index (χ2n) is 3.45. The molecular formula is C12H17Cl2N3O. The lowest BCUT2D eigenvalue weighted by atomic mass is 10.1. The minimum Gasteiger partial charge on any atom is -0.384 e. The highest BCUT2D eigenvalue weighted by Crippen LogP contribution is 2.07. The standard InChI is InChI=1S/C12H15N3O.2ClH/c13-11(16)7-2-1-4-9-5-3-6-10(8-9)12(14)15;;/h1,3-6,8H,2,7H2,(H2,13,16)(H3,14,15);2*1H/b4-1+;;. The average molecular weight is 290 g/mol. The summed E-state index contributed by atoms with van der Waals surface area (Å²) in [7, 11) is 0. The Morgan fingerprint density at radius 3 is 2.50 bits per heavy atom. The van der Waals surface area contributed by atoms with E-state index < -0.39 is 0 Å². The third-order valence-electron chi connectivity index (χ3n) is 2.07. The highest BCUT2D eigenvalue weighted by molar-refractivity contribution is 5.95. The van der Waals surface area contributed by atoms with Crippen molar-refractivity contribution in [3.05, 3.63) is 41.5 Å². The van der Waals surface area contributed by atoms with Crippen LogP contribution in [0.4, 0.5) is 0 Å². The Morgan fingerprint density at radius 2 is 1.94 bits per heavy atom. The summed E-state index contributed by atoms with van der Waals surface area (Å²) in [5.41, 5.74) is 12.0. The minimum absolute atomic E-state index is 0. The van der Waals surface area contributed by atoms with E-state index in [0.29, 0.717) is 18.4 Å². The van der Waals surface area contributed by atoms with E-state index in [2.05, 4.69) is 0 Å². The Bertz CT molecular complexity index is 433. The lowest BCUT2D eigenvalue weighted by molar-refractivity contribution is -0.117. The summed E-state index contributed by atoms with van der Waals surface area (Å²) < 4.78 is 0. The largest absolute Gasteiger partial charge is 0.384 e. The van der Waals surface area contributed by atoms with Crippen molar-refractivity contribution in [2.24, 2.45) is 11.5 Å². The molecule has 0 heterocycles. The molecule has 0 fully saturated rings. The second-order valence-corrected chi connectivity index (χ2v) is 3.45. The van der Waals surface area contributed by atoms with Crippen LogP contribution >= 0.6 is 24.8 Å². The molecule has 100 valence electrons. The van der Waals surface area contributed by atoms with Gasteiger partial charge in [0.1, 0.15) is 5.84 Å². The molecule has 0 radical (unpaired) electrons. The summed E-state index contributed by atoms with van der Waals surface area (Å²) >= 11 is 0. The topological polar surface area (TPSA) is 93.0 Å². The number of halogens is 2. The van der Waals surface area contributed by atoms with Gasteiger partial charge in [0.2, 0.25) is 5.91 Å². The van der Waals surface area contributed by atoms with Gasteiger partial charge in [-0.2, -0.15) is 0 Å². The summed E-state index contributed by atoms with van der Waals surface area (Å²) in [6.45, 7) is 0. The Hall–Kier alpha value is -1.52. The van der Waals surface area contributed by atoms with Crippen LogP contribution in [0.2, 0.25) is 0 Å². The number of amidine groups is 1. The molecule has 0 spiro atoms. The van der Waals surface area contributed by atoms with E-state index in [1.54, 1.807) is 6.07 Å². The van der Waals surface area contributed by atoms with Crippen LogP contribution in [0.15, 0.2) is 30.3 Å². The SMILES string of the molecule is Cl.Cl.N=C(N)c1cccc(/C=C/CCC(N)=O)c1. The number of amides is 1. The zero-order valence-electron chi connectivity index (χ0n) is 9.76. The van der Waals surface area contributed by atoms with Gasteiger partial charge in [-0.15, -0.1) is 24.8 Å². The predicted molar refractivity (Wildman–Crippen MR) is 79.4 cm³/mol. The second kappa shape index (κ2) is 9.50. The number of benzene rings is 1. The highest BCUT2D eigenvalue weighted by Gasteiger charge is 1.95. The van der Waals surface area contributed by atoms with E-state index in [4.69, 9.17) is 16.9 Å². The molecule has 1 amide bonds. The normalized spacial score (nSPS) is 9.33. The van der Waals surface area contributed by atoms with Crippen molar-refractivity contribution in [1.82, 2.24) is 0 Å². The highest BCUT2D eigenvalue weighted by atomic mass is 35.5. The molecule has 6 heteroatoms. The first-order valence-electron chi connectivity index (χ1n) is 4.99. The number of carbonyl (C=O) groups excluding carboxylic acids is 1. The quantitative estimate of drug-likeness (QED) is 0.572. The first kappa shape index (κ1) is 18.8. The monoisotopic (exact) mass is 289 g/mol. The Morgan fingerprint density at radius 1 is 1.28 bits per heavy atom. The van der Waals surface area contributed by atoms with Crippen LogP contribution in [0.5, 0.6) is 0 Å². The van der Waals surface area contributed by atoms with Crippen LogP contribution in [0.3, 0.4) is 0 Å². The van der Waals surface area contributed by atoms with Crippen LogP contribution in [0.1, 0.15) is 24.0 Å². The predicted octanol–water partition coefficient (Wildman–Crippen LogP) is 2.09. The van der Waals surface area contributed by atoms with Crippen molar-refractivity contribution < 1.29 is 4.79 Å². The van der Waals surface area contributed by atoms with Gasteiger partial charge >= 0.3 is 0 Å². The van der Waals surface area contributed by atoms with Gasteiger partial charge in [0.15, 0.2) is 0 Å². The molecule has 0 aliphatic carbocycles. The van der Waals surface area contributed by atoms with Crippen LogP contribution in [0, 0.1) is 5.41 Å². The molecule has 4 nitrogen and oxygen atoms in total. The number of hydrogen-bond acceptors (Lipinski definition) is 2. The fourth-order valence-corrected chi connectivity index (χ4v) is 1.25. The zero-order chi connectivity index (χ0) is 12.0. The fraction of sp³-hybridized carbons (Fsp3) is 0.167. The molecule has 0 bridgehead atoms. The Balaban J connectivity index is 0. The lowest BCUT2D eigenvalue weighted by Gasteiger charge is -1.99. The number of hydrogen-bond donors (Lipinski definition) is 3. The molecule has 1 rings (SSSR count). The molecule has 0 saturated heterocycles. The third-order valence-corrected chi connectivity index (χ3v) is 2.07. The van der Waals surface area contributed by atoms with E-state index in [1.807, 2.05) is 30.4 Å². The summed E-state index contributed by atoms with van der Waals surface area (Å²) in [5.74, 6) is -0.255. The van der Waals surface area contributed by atoms with Gasteiger partial charge < -0.3 is 11.5 Å². The van der Waals surface area contributed by atoms with Gasteiger partial charge in [-0.3, -0.25) is 10.2 Å². The van der Waals surface area contributed by atoms with Gasteiger partial charge in [-0.1, -0.05) is 30.4 Å². The van der Waals surface area contributed by atoms with Gasteiger partial charge in [0.25, 0.3) is 0 Å². The van der Waals surface area contributed by atoms with E-state index in [-0.39, 0.29) is 36.6 Å². The van der Waals surface area contributed by atoms with Gasteiger partial charge in [-0.25, -0.2) is 0 Å². The van der Waals surface area contributed by atoms with Crippen LogP contribution in [0.25, 0.3) is 6.08 Å². The van der Waals surface area contributed by atoms with Crippen molar-refractivity contribution in [1.29, 1.82) is 5.41 Å². The van der Waals surface area contributed by atoms with Gasteiger partial charge in [-0.05, 0) is 18.1 Å². The molecule has 0 unspecified atom stereocenters. The summed E-state index contributed by atoms with van der Waals surface area (Å²) in [4.78, 5) is 10.5. The molecule has 0 saturated carbocycles. The van der Waals surface area contributed by atoms with E-state index in [1.165, 1.54) is 0 Å². The smallest absolute Gasteiger partial charge is 0.217 e. The average Bonchev–Trinajstić information content (AvgIpc) is 2.24. The number of nitrogen functional groups attached to an aromatic ring is 1. The van der Waals surface area contributed by atoms with Crippen molar-refractivity contribution in [3.63, 3.8) is 0 Å². The maximum Gasteiger partial charge on any atom is 0.217 e. The maximum absolute atomic E-state index is 10.5. The van der Waals surface area contributed by atoms with Gasteiger partial charge in [0, 0.05) is 12.0 Å². The summed E-state index contributed by atoms with van der Waals surface area (Å²) in [5, 5.41) is 7.29. The lowest BCUT2D eigenvalue weighted by Crippen LogP contribution is -2.10. The molecule has 0 aromatic heterocycles. The Kier molecular flexibility index (Phi) is 9.94. The molecule has 0 aliphatic rings. The maximum atomic E-state index is 10.5. The number of nitrogens with two attached hydrogens (primary N) is 2. The van der Waals surface area contributed by atoms with Crippen LogP contribution in [-0.4, -0.2) is 11.7 Å². The summed E-state index contributed by atoms with van der Waals surface area (Å²) in [6, 6.07) is 7.35. The molecular weight excluding hydrogens is 273 g/mol. The molecule has 0 aliphatic heterocycles. The summed E-state index contributed by atoms with van der Waals surface area (Å²) in [6.07, 6.45) is 4.74. The number of nitrogens with one attached hydrogen (secondary N) is 1. The van der Waals surface area contributed by atoms with Crippen LogP contribution in [-0.2, 0) is 4.79 Å². The molecule has 18 heavy (non-hydrogen) atoms. The van der Waals surface area contributed by atoms with E-state index in [0.717, 1.165) is 5.56 Å². The van der Waals surface area contributed by atoms with E-state index >= 15 is 0 Å². The molecule has 5 N–H and O–H groups in total.